The molecule has 1 heterocycles. The van der Waals surface area contributed by atoms with Crippen LogP contribution in [0, 0.1) is 13.8 Å². The van der Waals surface area contributed by atoms with Crippen molar-refractivity contribution in [1.29, 1.82) is 0 Å². The molecule has 0 radical (unpaired) electrons. The zero-order valence-electron chi connectivity index (χ0n) is 17.5. The van der Waals surface area contributed by atoms with Crippen molar-refractivity contribution in [3.63, 3.8) is 0 Å². The van der Waals surface area contributed by atoms with Crippen LogP contribution in [0.3, 0.4) is 0 Å². The number of nitrogens with zero attached hydrogens (tertiary/aromatic N) is 2. The fraction of sp³-hybridized carbons (Fsp3) is 0.455. The largest absolute Gasteiger partial charge is 0.418 e. The number of pyridine rings is 1. The van der Waals surface area contributed by atoms with Crippen LogP contribution >= 0.6 is 0 Å². The zero-order chi connectivity index (χ0) is 23.0. The number of aryl methyl sites for hydroxylation is 1. The highest BCUT2D eigenvalue weighted by atomic mass is 19.4. The first-order valence-electron chi connectivity index (χ1n) is 10.0. The summed E-state index contributed by atoms with van der Waals surface area (Å²) in [5.41, 5.74) is -0.207. The monoisotopic (exact) mass is 443 g/mol. The van der Waals surface area contributed by atoms with Crippen LogP contribution in [-0.4, -0.2) is 37.3 Å². The van der Waals surface area contributed by atoms with Gasteiger partial charge >= 0.3 is 6.18 Å². The Morgan fingerprint density at radius 1 is 1.06 bits per heavy atom. The molecule has 4 nitrogen and oxygen atoms in total. The average Bonchev–Trinajstić information content (AvgIpc) is 2.69. The Balaban J connectivity index is 2.52. The molecule has 170 valence electrons. The third-order valence-electron chi connectivity index (χ3n) is 4.80. The number of carbonyl (C=O) groups is 1. The molecule has 2 aromatic rings. The molecule has 0 fully saturated rings. The van der Waals surface area contributed by atoms with E-state index in [0.717, 1.165) is 5.56 Å². The number of aromatic nitrogens is 1. The van der Waals surface area contributed by atoms with Gasteiger partial charge in [-0.1, -0.05) is 12.1 Å². The fourth-order valence-electron chi connectivity index (χ4n) is 3.27. The number of nitrogens with one attached hydrogen (secondary N) is 1. The maximum absolute atomic E-state index is 13.5. The molecular weight excluding hydrogens is 417 g/mol. The number of anilines is 2. The maximum atomic E-state index is 13.5. The second-order valence-corrected chi connectivity index (χ2v) is 7.24. The van der Waals surface area contributed by atoms with Crippen molar-refractivity contribution in [2.45, 2.75) is 39.3 Å². The Kier molecular flexibility index (Phi) is 8.76. The number of hydrogen-bond acceptors (Lipinski definition) is 3. The minimum atomic E-state index is -4.69. The van der Waals surface area contributed by atoms with Crippen molar-refractivity contribution in [3.8, 4) is 0 Å². The molecule has 1 aromatic heterocycles. The lowest BCUT2D eigenvalue weighted by Gasteiger charge is -2.27. The van der Waals surface area contributed by atoms with Gasteiger partial charge in [-0.3, -0.25) is 13.6 Å². The Bertz CT molecular complexity index is 886. The van der Waals surface area contributed by atoms with Crippen molar-refractivity contribution in [2.75, 3.05) is 36.7 Å². The molecule has 0 saturated carbocycles. The highest BCUT2D eigenvalue weighted by Gasteiger charge is 2.36. The lowest BCUT2D eigenvalue weighted by molar-refractivity contribution is -0.138. The maximum Gasteiger partial charge on any atom is 0.418 e. The van der Waals surface area contributed by atoms with Gasteiger partial charge in [-0.25, -0.2) is 4.98 Å². The van der Waals surface area contributed by atoms with Gasteiger partial charge in [0.05, 0.1) is 24.5 Å². The van der Waals surface area contributed by atoms with Crippen LogP contribution in [0.4, 0.5) is 33.5 Å². The minimum absolute atomic E-state index is 0.0305. The topological polar surface area (TPSA) is 45.2 Å². The summed E-state index contributed by atoms with van der Waals surface area (Å²) in [6.07, 6.45) is -3.26. The molecule has 1 amide bonds. The van der Waals surface area contributed by atoms with Gasteiger partial charge < -0.3 is 10.2 Å². The molecule has 0 saturated heterocycles. The first-order chi connectivity index (χ1) is 14.7. The summed E-state index contributed by atoms with van der Waals surface area (Å²) in [5, 5.41) is 2.63. The lowest BCUT2D eigenvalue weighted by Crippen LogP contribution is -2.31. The third kappa shape index (κ3) is 6.63. The van der Waals surface area contributed by atoms with E-state index in [0.29, 0.717) is 18.3 Å². The number of hydrogen-bond donors (Lipinski definition) is 1. The SMILES string of the molecule is Cc1cccc(NC(=O)c2c(N(CCCF)CCCCF)ncc(C(F)(F)F)c2C)c1. The van der Waals surface area contributed by atoms with Crippen LogP contribution in [0.2, 0.25) is 0 Å². The Hall–Kier alpha value is -2.71. The second-order valence-electron chi connectivity index (χ2n) is 7.24. The van der Waals surface area contributed by atoms with Gasteiger partial charge in [0.15, 0.2) is 0 Å². The van der Waals surface area contributed by atoms with Crippen molar-refractivity contribution >= 4 is 17.4 Å². The van der Waals surface area contributed by atoms with Crippen LogP contribution in [0.15, 0.2) is 30.5 Å². The fourth-order valence-corrected chi connectivity index (χ4v) is 3.27. The predicted molar refractivity (Wildman–Crippen MR) is 111 cm³/mol. The number of unbranched alkanes of at least 4 members (excludes halogenated alkanes) is 1. The molecule has 0 atom stereocenters. The van der Waals surface area contributed by atoms with E-state index >= 15 is 0 Å². The molecule has 0 aliphatic heterocycles. The molecule has 31 heavy (non-hydrogen) atoms. The van der Waals surface area contributed by atoms with E-state index in [1.165, 1.54) is 6.92 Å². The zero-order valence-corrected chi connectivity index (χ0v) is 17.5. The minimum Gasteiger partial charge on any atom is -0.356 e. The highest BCUT2D eigenvalue weighted by molar-refractivity contribution is 6.09. The molecule has 0 spiro atoms. The van der Waals surface area contributed by atoms with Crippen molar-refractivity contribution in [1.82, 2.24) is 4.98 Å². The number of benzene rings is 1. The number of halogens is 5. The molecule has 1 N–H and O–H groups in total. The number of alkyl halides is 5. The van der Waals surface area contributed by atoms with Crippen molar-refractivity contribution in [2.24, 2.45) is 0 Å². The Morgan fingerprint density at radius 2 is 1.74 bits per heavy atom. The quantitative estimate of drug-likeness (QED) is 0.368. The van der Waals surface area contributed by atoms with Gasteiger partial charge in [-0.15, -0.1) is 0 Å². The number of rotatable bonds is 10. The van der Waals surface area contributed by atoms with Crippen molar-refractivity contribution in [3.05, 3.63) is 52.7 Å². The molecular formula is C22H26F5N3O. The number of carbonyl (C=O) groups excluding carboxylic acids is 1. The van der Waals surface area contributed by atoms with Crippen LogP contribution < -0.4 is 10.2 Å². The van der Waals surface area contributed by atoms with Gasteiger partial charge in [0.1, 0.15) is 5.82 Å². The molecule has 0 bridgehead atoms. The molecule has 2 rings (SSSR count). The highest BCUT2D eigenvalue weighted by Crippen LogP contribution is 2.35. The normalized spacial score (nSPS) is 11.5. The van der Waals surface area contributed by atoms with Crippen LogP contribution in [0.1, 0.15) is 46.3 Å². The summed E-state index contributed by atoms with van der Waals surface area (Å²) in [6, 6.07) is 6.86. The van der Waals surface area contributed by atoms with E-state index in [1.807, 2.05) is 13.0 Å². The van der Waals surface area contributed by atoms with Crippen LogP contribution in [0.5, 0.6) is 0 Å². The smallest absolute Gasteiger partial charge is 0.356 e. The summed E-state index contributed by atoms with van der Waals surface area (Å²) in [7, 11) is 0. The first kappa shape index (κ1) is 24.6. The summed E-state index contributed by atoms with van der Waals surface area (Å²) < 4.78 is 65.8. The average molecular weight is 443 g/mol. The van der Waals surface area contributed by atoms with E-state index in [-0.39, 0.29) is 42.9 Å². The van der Waals surface area contributed by atoms with E-state index in [9.17, 15) is 26.7 Å². The summed E-state index contributed by atoms with van der Waals surface area (Å²) in [4.78, 5) is 18.6. The standard InChI is InChI=1S/C22H26F5N3O/c1-15-7-5-8-17(13-15)29-21(31)19-16(2)18(22(25,26)27)14-28-20(19)30(12-6-10-24)11-4-3-9-23/h5,7-8,13-14H,3-4,6,9-12H2,1-2H3,(H,29,31). The van der Waals surface area contributed by atoms with Gasteiger partial charge in [0.2, 0.25) is 0 Å². The Morgan fingerprint density at radius 3 is 2.35 bits per heavy atom. The second kappa shape index (κ2) is 11.1. The van der Waals surface area contributed by atoms with E-state index in [1.54, 1.807) is 23.1 Å². The van der Waals surface area contributed by atoms with E-state index in [2.05, 4.69) is 10.3 Å². The van der Waals surface area contributed by atoms with Crippen molar-refractivity contribution < 1.29 is 26.7 Å². The van der Waals surface area contributed by atoms with Gasteiger partial charge in [-0.05, 0) is 56.4 Å². The molecule has 1 aromatic carbocycles. The Labute approximate surface area is 178 Å². The summed E-state index contributed by atoms with van der Waals surface area (Å²) >= 11 is 0. The third-order valence-corrected chi connectivity index (χ3v) is 4.80. The van der Waals surface area contributed by atoms with Gasteiger partial charge in [0.25, 0.3) is 5.91 Å². The predicted octanol–water partition coefficient (Wildman–Crippen LogP) is 5.89. The molecule has 9 heteroatoms. The van der Waals surface area contributed by atoms with Crippen LogP contribution in [-0.2, 0) is 6.18 Å². The molecule has 0 unspecified atom stereocenters. The number of amides is 1. The van der Waals surface area contributed by atoms with E-state index in [4.69, 9.17) is 0 Å². The summed E-state index contributed by atoms with van der Waals surface area (Å²) in [6.45, 7) is 2.24. The van der Waals surface area contributed by atoms with Gasteiger partial charge in [0, 0.05) is 25.0 Å². The van der Waals surface area contributed by atoms with Crippen LogP contribution in [0.25, 0.3) is 0 Å². The lowest BCUT2D eigenvalue weighted by atomic mass is 10.0. The van der Waals surface area contributed by atoms with E-state index < -0.39 is 31.0 Å². The molecule has 0 aliphatic carbocycles. The van der Waals surface area contributed by atoms with Gasteiger partial charge in [-0.2, -0.15) is 13.2 Å². The summed E-state index contributed by atoms with van der Waals surface area (Å²) in [5.74, 6) is -0.713. The molecule has 0 aliphatic rings. The first-order valence-corrected chi connectivity index (χ1v) is 10.0.